The Hall–Kier alpha value is -4.61. The quantitative estimate of drug-likeness (QED) is 0.369. The van der Waals surface area contributed by atoms with E-state index in [0.717, 1.165) is 36.2 Å². The second-order valence-corrected chi connectivity index (χ2v) is 12.7. The Morgan fingerprint density at radius 2 is 1.98 bits per heavy atom. The van der Waals surface area contributed by atoms with Crippen LogP contribution in [0.3, 0.4) is 0 Å². The molecule has 3 aromatic rings. The third kappa shape index (κ3) is 7.55. The first-order valence-electron chi connectivity index (χ1n) is 15.5. The number of rotatable bonds is 5. The van der Waals surface area contributed by atoms with Crippen LogP contribution in [-0.2, 0) is 11.8 Å². The lowest BCUT2D eigenvalue weighted by Gasteiger charge is -2.27. The Bertz CT molecular complexity index is 1590. The molecule has 2 bridgehead atoms. The van der Waals surface area contributed by atoms with Crippen LogP contribution in [0, 0.1) is 12.8 Å². The monoisotopic (exact) mass is 617 g/mol. The average molecular weight is 618 g/mol. The number of carbonyl (C=O) groups is 2. The van der Waals surface area contributed by atoms with Crippen LogP contribution < -0.4 is 25.0 Å². The Morgan fingerprint density at radius 3 is 2.73 bits per heavy atom. The minimum atomic E-state index is -0.598. The fourth-order valence-corrected chi connectivity index (χ4v) is 5.25. The molecule has 2 aliphatic rings. The third-order valence-corrected chi connectivity index (χ3v) is 7.47. The number of nitrogens with zero attached hydrogens (tertiary/aromatic N) is 5. The normalized spacial score (nSPS) is 16.9. The molecule has 1 unspecified atom stereocenters. The predicted molar refractivity (Wildman–Crippen MR) is 173 cm³/mol. The van der Waals surface area contributed by atoms with Crippen molar-refractivity contribution in [1.82, 2.24) is 20.1 Å². The summed E-state index contributed by atoms with van der Waals surface area (Å²) in [6.45, 7) is 12.8. The van der Waals surface area contributed by atoms with Crippen molar-refractivity contribution < 1.29 is 23.8 Å². The summed E-state index contributed by atoms with van der Waals surface area (Å²) in [4.78, 5) is 37.3. The SMILES string of the molecule is Cc1cc2cc(n1)-c1cnn(C)c1OCCCCCN1/C(=N/C2=O)Nc2cccc(OC(CNC(=O)OC(C)(C)C)C(C)C)c21. The number of amides is 2. The van der Waals surface area contributed by atoms with E-state index >= 15 is 0 Å². The highest BCUT2D eigenvalue weighted by Gasteiger charge is 2.31. The van der Waals surface area contributed by atoms with Crippen molar-refractivity contribution in [3.05, 3.63) is 47.8 Å². The second kappa shape index (κ2) is 13.2. The van der Waals surface area contributed by atoms with Crippen LogP contribution in [0.25, 0.3) is 11.3 Å². The van der Waals surface area contributed by atoms with Crippen LogP contribution in [0.2, 0.25) is 0 Å². The number of benzene rings is 1. The van der Waals surface area contributed by atoms with Crippen molar-refractivity contribution >= 4 is 29.3 Å². The maximum Gasteiger partial charge on any atom is 0.407 e. The molecule has 45 heavy (non-hydrogen) atoms. The van der Waals surface area contributed by atoms with Gasteiger partial charge >= 0.3 is 6.09 Å². The van der Waals surface area contributed by atoms with Gasteiger partial charge in [0.25, 0.3) is 5.91 Å². The Kier molecular flexibility index (Phi) is 9.31. The summed E-state index contributed by atoms with van der Waals surface area (Å²) < 4.78 is 19.8. The number of aliphatic imine (C=N–C) groups is 1. The van der Waals surface area contributed by atoms with Crippen LogP contribution in [0.1, 0.15) is 69.9 Å². The summed E-state index contributed by atoms with van der Waals surface area (Å²) in [7, 11) is 1.83. The number of pyridine rings is 1. The van der Waals surface area contributed by atoms with E-state index in [1.54, 1.807) is 23.0 Å². The fourth-order valence-electron chi connectivity index (χ4n) is 5.25. The molecule has 2 N–H and O–H groups in total. The average Bonchev–Trinajstić information content (AvgIpc) is 3.50. The van der Waals surface area contributed by atoms with Crippen molar-refractivity contribution in [2.45, 2.75) is 72.5 Å². The van der Waals surface area contributed by atoms with Crippen molar-refractivity contribution in [3.63, 3.8) is 0 Å². The largest absolute Gasteiger partial charge is 0.486 e. The van der Waals surface area contributed by atoms with Gasteiger partial charge in [-0.3, -0.25) is 9.78 Å². The van der Waals surface area contributed by atoms with Gasteiger partial charge in [0.15, 0.2) is 0 Å². The van der Waals surface area contributed by atoms with Gasteiger partial charge in [-0.25, -0.2) is 9.48 Å². The highest BCUT2D eigenvalue weighted by Crippen LogP contribution is 2.42. The summed E-state index contributed by atoms with van der Waals surface area (Å²) in [6, 6.07) is 9.21. The Balaban J connectivity index is 1.45. The number of para-hydroxylation sites is 1. The first-order chi connectivity index (χ1) is 21.4. The van der Waals surface area contributed by atoms with Crippen molar-refractivity contribution in [3.8, 4) is 22.9 Å². The van der Waals surface area contributed by atoms with E-state index in [0.29, 0.717) is 47.7 Å². The van der Waals surface area contributed by atoms with Crippen LogP contribution in [-0.4, -0.2) is 64.1 Å². The molecule has 240 valence electrons. The summed E-state index contributed by atoms with van der Waals surface area (Å²) in [5.41, 5.74) is 3.43. The van der Waals surface area contributed by atoms with Gasteiger partial charge in [-0.1, -0.05) is 19.9 Å². The van der Waals surface area contributed by atoms with Gasteiger partial charge in [0, 0.05) is 24.8 Å². The summed E-state index contributed by atoms with van der Waals surface area (Å²) >= 11 is 0. The molecule has 0 saturated heterocycles. The lowest BCUT2D eigenvalue weighted by molar-refractivity contribution is 0.0485. The molecule has 1 aromatic carbocycles. The predicted octanol–water partition coefficient (Wildman–Crippen LogP) is 5.71. The van der Waals surface area contributed by atoms with Gasteiger partial charge in [-0.15, -0.1) is 0 Å². The molecule has 12 nitrogen and oxygen atoms in total. The molecule has 1 atom stereocenters. The summed E-state index contributed by atoms with van der Waals surface area (Å²) in [5.74, 6) is 1.38. The first-order valence-corrected chi connectivity index (χ1v) is 15.5. The molecule has 2 aliphatic heterocycles. The van der Waals surface area contributed by atoms with E-state index in [9.17, 15) is 9.59 Å². The molecular weight excluding hydrogens is 574 g/mol. The Labute approximate surface area is 264 Å². The number of nitrogens with one attached hydrogen (secondary N) is 2. The third-order valence-electron chi connectivity index (χ3n) is 7.47. The number of aryl methyl sites for hydroxylation is 2. The van der Waals surface area contributed by atoms with Gasteiger partial charge in [-0.05, 0) is 77.1 Å². The number of aromatic nitrogens is 3. The number of alkyl carbamates (subject to hydrolysis) is 1. The maximum absolute atomic E-state index is 13.7. The topological polar surface area (TPSA) is 132 Å². The zero-order valence-corrected chi connectivity index (χ0v) is 27.1. The van der Waals surface area contributed by atoms with Crippen molar-refractivity contribution in [1.29, 1.82) is 0 Å². The zero-order chi connectivity index (χ0) is 32.3. The van der Waals surface area contributed by atoms with Gasteiger partial charge < -0.3 is 29.7 Å². The van der Waals surface area contributed by atoms with Gasteiger partial charge in [0.2, 0.25) is 11.8 Å². The van der Waals surface area contributed by atoms with Gasteiger partial charge in [-0.2, -0.15) is 10.1 Å². The number of ether oxygens (including phenoxy) is 3. The minimum absolute atomic E-state index is 0.0891. The summed E-state index contributed by atoms with van der Waals surface area (Å²) in [5, 5.41) is 10.6. The Morgan fingerprint density at radius 1 is 1.18 bits per heavy atom. The maximum atomic E-state index is 13.7. The number of carbonyl (C=O) groups excluding carboxylic acids is 2. The van der Waals surface area contributed by atoms with Crippen molar-refractivity contribution in [2.75, 3.05) is 29.9 Å². The zero-order valence-electron chi connectivity index (χ0n) is 27.1. The smallest absolute Gasteiger partial charge is 0.407 e. The van der Waals surface area contributed by atoms with Gasteiger partial charge in [0.1, 0.15) is 23.1 Å². The van der Waals surface area contributed by atoms with Gasteiger partial charge in [0.05, 0.1) is 36.3 Å². The molecule has 12 heteroatoms. The molecular formula is C33H43N7O5. The number of hydrogen-bond acceptors (Lipinski definition) is 9. The van der Waals surface area contributed by atoms with E-state index in [4.69, 9.17) is 14.2 Å². The molecule has 0 aliphatic carbocycles. The number of fused-ring (bicyclic) bond motifs is 7. The van der Waals surface area contributed by atoms with Crippen LogP contribution in [0.15, 0.2) is 41.5 Å². The molecule has 4 heterocycles. The number of guanidine groups is 1. The molecule has 0 spiro atoms. The first kappa shape index (κ1) is 31.8. The van der Waals surface area contributed by atoms with E-state index in [-0.39, 0.29) is 18.6 Å². The van der Waals surface area contributed by atoms with E-state index in [2.05, 4.69) is 25.7 Å². The molecule has 2 aromatic heterocycles. The van der Waals surface area contributed by atoms with Crippen molar-refractivity contribution in [2.24, 2.45) is 18.0 Å². The van der Waals surface area contributed by atoms with E-state index in [1.807, 2.05) is 71.7 Å². The van der Waals surface area contributed by atoms with E-state index in [1.165, 1.54) is 0 Å². The lowest BCUT2D eigenvalue weighted by atomic mass is 10.1. The second-order valence-electron chi connectivity index (χ2n) is 12.7. The fraction of sp³-hybridized carbons (Fsp3) is 0.485. The lowest BCUT2D eigenvalue weighted by Crippen LogP contribution is -2.41. The molecule has 0 radical (unpaired) electrons. The highest BCUT2D eigenvalue weighted by molar-refractivity contribution is 6.20. The molecule has 5 rings (SSSR count). The summed E-state index contributed by atoms with van der Waals surface area (Å²) in [6.07, 6.45) is 3.44. The molecule has 2 amide bonds. The number of hydrogen-bond donors (Lipinski definition) is 2. The van der Waals surface area contributed by atoms with Crippen LogP contribution >= 0.6 is 0 Å². The van der Waals surface area contributed by atoms with Crippen LogP contribution in [0.5, 0.6) is 11.6 Å². The minimum Gasteiger partial charge on any atom is -0.486 e. The van der Waals surface area contributed by atoms with E-state index < -0.39 is 17.6 Å². The highest BCUT2D eigenvalue weighted by atomic mass is 16.6. The standard InChI is InChI=1S/C33H43N7O5/c1-20(2)27(19-34-32(42)45-33(4,5)6)44-26-13-11-12-24-28(26)40-14-9-8-10-15-43-30-23(18-35-39(30)7)25-17-22(16-21(3)36-25)29(41)38-31(40)37-24/h11-13,16-18,20,27H,8-10,14-15,19H2,1-7H3,(H,34,42)(H,37,38,41). The number of anilines is 2. The molecule has 0 saturated carbocycles. The van der Waals surface area contributed by atoms with Crippen LogP contribution in [0.4, 0.5) is 16.2 Å². The molecule has 0 fully saturated rings.